The topological polar surface area (TPSA) is 49.5 Å². The van der Waals surface area contributed by atoms with Gasteiger partial charge >= 0.3 is 0 Å². The molecule has 0 amide bonds. The molecule has 0 aliphatic carbocycles. The van der Waals surface area contributed by atoms with E-state index in [0.29, 0.717) is 12.2 Å². The van der Waals surface area contributed by atoms with Crippen molar-refractivity contribution in [2.45, 2.75) is 19.9 Å². The number of rotatable bonds is 6. The molecule has 0 spiro atoms. The average Bonchev–Trinajstić information content (AvgIpc) is 2.28. The SMILES string of the molecule is Cc1cc(N(CCO)CC(F)F)ccc1CN. The minimum atomic E-state index is -2.42. The lowest BCUT2D eigenvalue weighted by atomic mass is 10.1. The third-order valence-electron chi connectivity index (χ3n) is 2.64. The Hall–Kier alpha value is -1.20. The highest BCUT2D eigenvalue weighted by molar-refractivity contribution is 5.51. The van der Waals surface area contributed by atoms with Crippen LogP contribution in [-0.2, 0) is 6.54 Å². The number of anilines is 1. The lowest BCUT2D eigenvalue weighted by Gasteiger charge is -2.24. The summed E-state index contributed by atoms with van der Waals surface area (Å²) >= 11 is 0. The Morgan fingerprint density at radius 2 is 2.12 bits per heavy atom. The second-order valence-corrected chi connectivity index (χ2v) is 3.88. The second-order valence-electron chi connectivity index (χ2n) is 3.88. The molecule has 5 heteroatoms. The first kappa shape index (κ1) is 13.9. The Morgan fingerprint density at radius 1 is 1.41 bits per heavy atom. The molecule has 0 fully saturated rings. The largest absolute Gasteiger partial charge is 0.395 e. The van der Waals surface area contributed by atoms with Crippen molar-refractivity contribution < 1.29 is 13.9 Å². The summed E-state index contributed by atoms with van der Waals surface area (Å²) in [6.45, 7) is 2.00. The number of nitrogens with two attached hydrogens (primary N) is 1. The number of aliphatic hydroxyl groups is 1. The first-order chi connectivity index (χ1) is 8.08. The summed E-state index contributed by atoms with van der Waals surface area (Å²) in [5.41, 5.74) is 8.20. The van der Waals surface area contributed by atoms with Gasteiger partial charge in [0, 0.05) is 18.8 Å². The van der Waals surface area contributed by atoms with E-state index < -0.39 is 6.43 Å². The predicted octanol–water partition coefficient (Wildman–Crippen LogP) is 1.52. The van der Waals surface area contributed by atoms with E-state index >= 15 is 0 Å². The predicted molar refractivity (Wildman–Crippen MR) is 64.4 cm³/mol. The van der Waals surface area contributed by atoms with Gasteiger partial charge in [-0.2, -0.15) is 0 Å². The van der Waals surface area contributed by atoms with Crippen molar-refractivity contribution in [3.63, 3.8) is 0 Å². The van der Waals surface area contributed by atoms with E-state index in [1.165, 1.54) is 4.90 Å². The molecule has 17 heavy (non-hydrogen) atoms. The molecule has 0 aromatic heterocycles. The summed E-state index contributed by atoms with van der Waals surface area (Å²) in [6.07, 6.45) is -2.42. The summed E-state index contributed by atoms with van der Waals surface area (Å²) in [6, 6.07) is 5.41. The third kappa shape index (κ3) is 3.94. The van der Waals surface area contributed by atoms with E-state index in [4.69, 9.17) is 10.8 Å². The van der Waals surface area contributed by atoms with Gasteiger partial charge in [0.05, 0.1) is 13.2 Å². The Morgan fingerprint density at radius 3 is 2.59 bits per heavy atom. The van der Waals surface area contributed by atoms with Crippen LogP contribution in [0.1, 0.15) is 11.1 Å². The Balaban J connectivity index is 2.89. The highest BCUT2D eigenvalue weighted by Crippen LogP contribution is 2.19. The summed E-state index contributed by atoms with van der Waals surface area (Å²) in [7, 11) is 0. The van der Waals surface area contributed by atoms with E-state index in [0.717, 1.165) is 11.1 Å². The standard InChI is InChI=1S/C12H18F2N2O/c1-9-6-11(3-2-10(9)7-15)16(4-5-17)8-12(13)14/h2-3,6,12,17H,4-5,7-8,15H2,1H3. The van der Waals surface area contributed by atoms with Crippen molar-refractivity contribution in [3.05, 3.63) is 29.3 Å². The van der Waals surface area contributed by atoms with Crippen LogP contribution in [0.4, 0.5) is 14.5 Å². The minimum Gasteiger partial charge on any atom is -0.395 e. The summed E-state index contributed by atoms with van der Waals surface area (Å²) in [5.74, 6) is 0. The number of alkyl halides is 2. The molecule has 96 valence electrons. The molecule has 1 rings (SSSR count). The van der Waals surface area contributed by atoms with Crippen LogP contribution < -0.4 is 10.6 Å². The van der Waals surface area contributed by atoms with Gasteiger partial charge in [0.15, 0.2) is 0 Å². The van der Waals surface area contributed by atoms with Crippen molar-refractivity contribution in [2.75, 3.05) is 24.6 Å². The lowest BCUT2D eigenvalue weighted by Crippen LogP contribution is -2.31. The fraction of sp³-hybridized carbons (Fsp3) is 0.500. The van der Waals surface area contributed by atoms with E-state index in [-0.39, 0.29) is 19.7 Å². The van der Waals surface area contributed by atoms with Crippen molar-refractivity contribution in [2.24, 2.45) is 5.73 Å². The smallest absolute Gasteiger partial charge is 0.255 e. The zero-order chi connectivity index (χ0) is 12.8. The van der Waals surface area contributed by atoms with Crippen LogP contribution in [0.3, 0.4) is 0 Å². The number of aryl methyl sites for hydroxylation is 1. The first-order valence-electron chi connectivity index (χ1n) is 5.52. The average molecular weight is 244 g/mol. The van der Waals surface area contributed by atoms with Gasteiger partial charge in [0.2, 0.25) is 0 Å². The number of hydrogen-bond donors (Lipinski definition) is 2. The van der Waals surface area contributed by atoms with Gasteiger partial charge in [0.1, 0.15) is 0 Å². The van der Waals surface area contributed by atoms with E-state index in [2.05, 4.69) is 0 Å². The van der Waals surface area contributed by atoms with Gasteiger partial charge in [-0.25, -0.2) is 8.78 Å². The molecule has 1 aromatic carbocycles. The van der Waals surface area contributed by atoms with Gasteiger partial charge in [-0.15, -0.1) is 0 Å². The molecule has 0 bridgehead atoms. The highest BCUT2D eigenvalue weighted by atomic mass is 19.3. The van der Waals surface area contributed by atoms with Crippen molar-refractivity contribution in [1.82, 2.24) is 0 Å². The fourth-order valence-corrected chi connectivity index (χ4v) is 1.72. The molecule has 0 heterocycles. The van der Waals surface area contributed by atoms with Crippen LogP contribution in [0, 0.1) is 6.92 Å². The minimum absolute atomic E-state index is 0.148. The second kappa shape index (κ2) is 6.51. The van der Waals surface area contributed by atoms with E-state index in [9.17, 15) is 8.78 Å². The first-order valence-corrected chi connectivity index (χ1v) is 5.52. The molecule has 0 atom stereocenters. The van der Waals surface area contributed by atoms with Crippen molar-refractivity contribution in [1.29, 1.82) is 0 Å². The third-order valence-corrected chi connectivity index (χ3v) is 2.64. The van der Waals surface area contributed by atoms with Crippen LogP contribution >= 0.6 is 0 Å². The van der Waals surface area contributed by atoms with Gasteiger partial charge in [-0.1, -0.05) is 6.07 Å². The Bertz CT molecular complexity index is 358. The normalized spacial score (nSPS) is 10.9. The maximum Gasteiger partial charge on any atom is 0.255 e. The Labute approximate surface area is 99.8 Å². The van der Waals surface area contributed by atoms with E-state index in [1.54, 1.807) is 6.07 Å². The van der Waals surface area contributed by atoms with Crippen LogP contribution in [0.2, 0.25) is 0 Å². The molecule has 3 nitrogen and oxygen atoms in total. The number of benzene rings is 1. The zero-order valence-corrected chi connectivity index (χ0v) is 9.87. The highest BCUT2D eigenvalue weighted by Gasteiger charge is 2.13. The van der Waals surface area contributed by atoms with Gasteiger partial charge < -0.3 is 15.7 Å². The molecule has 0 saturated heterocycles. The number of halogens is 2. The zero-order valence-electron chi connectivity index (χ0n) is 9.87. The quantitative estimate of drug-likeness (QED) is 0.797. The van der Waals surface area contributed by atoms with Gasteiger partial charge in [-0.3, -0.25) is 0 Å². The summed E-state index contributed by atoms with van der Waals surface area (Å²) < 4.78 is 24.8. The summed E-state index contributed by atoms with van der Waals surface area (Å²) in [5, 5.41) is 8.87. The van der Waals surface area contributed by atoms with Crippen molar-refractivity contribution in [3.8, 4) is 0 Å². The fourth-order valence-electron chi connectivity index (χ4n) is 1.72. The maximum atomic E-state index is 12.4. The number of hydrogen-bond acceptors (Lipinski definition) is 3. The molecule has 0 unspecified atom stereocenters. The molecule has 0 aliphatic heterocycles. The van der Waals surface area contributed by atoms with Gasteiger partial charge in [-0.05, 0) is 30.2 Å². The summed E-state index contributed by atoms with van der Waals surface area (Å²) in [4.78, 5) is 1.47. The molecule has 1 aromatic rings. The lowest BCUT2D eigenvalue weighted by molar-refractivity contribution is 0.153. The maximum absolute atomic E-state index is 12.4. The monoisotopic (exact) mass is 244 g/mol. The number of nitrogens with zero attached hydrogens (tertiary/aromatic N) is 1. The van der Waals surface area contributed by atoms with Crippen LogP contribution in [0.25, 0.3) is 0 Å². The van der Waals surface area contributed by atoms with Crippen molar-refractivity contribution >= 4 is 5.69 Å². The molecule has 3 N–H and O–H groups in total. The van der Waals surface area contributed by atoms with Crippen LogP contribution in [-0.4, -0.2) is 31.2 Å². The number of aliphatic hydroxyl groups excluding tert-OH is 1. The Kier molecular flexibility index (Phi) is 5.31. The molecule has 0 saturated carbocycles. The van der Waals surface area contributed by atoms with Crippen LogP contribution in [0.5, 0.6) is 0 Å². The van der Waals surface area contributed by atoms with E-state index in [1.807, 2.05) is 19.1 Å². The molecule has 0 radical (unpaired) electrons. The molecule has 0 aliphatic rings. The molecular weight excluding hydrogens is 226 g/mol. The molecular formula is C12H18F2N2O. The van der Waals surface area contributed by atoms with Gasteiger partial charge in [0.25, 0.3) is 6.43 Å². The van der Waals surface area contributed by atoms with Crippen LogP contribution in [0.15, 0.2) is 18.2 Å².